The Balaban J connectivity index is 1.17. The largest absolute Gasteiger partial charge is 0.345 e. The standard InChI is InChI=1S/C33H32BrN5/c1-36(2)26-13-22-6-4-8-28-30(19-38(17-26)32(22)28)21-10-11-24(25(12-21)15-35)16-37(3)27-14-23-7-5-9-29-31(34)20-39(18-27)33(23)29/h4-12,19-20,26-27H,13-14,16-18H2,1-3H3/t26-,27+/m0/s1. The first-order valence-electron chi connectivity index (χ1n) is 13.7. The average Bonchev–Trinajstić information content (AvgIpc) is 3.48. The molecule has 2 atom stereocenters. The molecule has 5 aromatic rings. The Morgan fingerprint density at radius 3 is 2.28 bits per heavy atom. The molecule has 0 bridgehead atoms. The minimum atomic E-state index is 0.372. The van der Waals surface area contributed by atoms with Crippen LogP contribution in [0.5, 0.6) is 0 Å². The van der Waals surface area contributed by atoms with Crippen LogP contribution >= 0.6 is 15.9 Å². The predicted molar refractivity (Wildman–Crippen MR) is 162 cm³/mol. The number of halogens is 1. The van der Waals surface area contributed by atoms with Crippen LogP contribution < -0.4 is 0 Å². The molecule has 0 spiro atoms. The second-order valence-corrected chi connectivity index (χ2v) is 12.4. The molecule has 0 aliphatic carbocycles. The van der Waals surface area contributed by atoms with Gasteiger partial charge in [-0.25, -0.2) is 0 Å². The van der Waals surface area contributed by atoms with Crippen LogP contribution in [0.3, 0.4) is 0 Å². The fourth-order valence-electron chi connectivity index (χ4n) is 6.80. The van der Waals surface area contributed by atoms with Gasteiger partial charge >= 0.3 is 0 Å². The third-order valence-corrected chi connectivity index (χ3v) is 9.59. The van der Waals surface area contributed by atoms with E-state index in [0.29, 0.717) is 12.1 Å². The molecular formula is C33H32BrN5. The monoisotopic (exact) mass is 577 g/mol. The van der Waals surface area contributed by atoms with Crippen molar-refractivity contribution >= 4 is 37.7 Å². The first kappa shape index (κ1) is 24.7. The Hall–Kier alpha value is -3.37. The second kappa shape index (κ2) is 9.38. The number of hydrogen-bond acceptors (Lipinski definition) is 3. The van der Waals surface area contributed by atoms with Gasteiger partial charge in [-0.2, -0.15) is 5.26 Å². The van der Waals surface area contributed by atoms with Crippen LogP contribution in [0.25, 0.3) is 32.9 Å². The summed E-state index contributed by atoms with van der Waals surface area (Å²) in [5.74, 6) is 0. The highest BCUT2D eigenvalue weighted by atomic mass is 79.9. The van der Waals surface area contributed by atoms with E-state index in [2.05, 4.69) is 129 Å². The van der Waals surface area contributed by atoms with Gasteiger partial charge in [0.2, 0.25) is 0 Å². The zero-order valence-electron chi connectivity index (χ0n) is 22.7. The highest BCUT2D eigenvalue weighted by molar-refractivity contribution is 9.10. The molecular weight excluding hydrogens is 546 g/mol. The summed E-state index contributed by atoms with van der Waals surface area (Å²) in [6.07, 6.45) is 6.59. The van der Waals surface area contributed by atoms with E-state index in [9.17, 15) is 5.26 Å². The lowest BCUT2D eigenvalue weighted by molar-refractivity contribution is 0.206. The topological polar surface area (TPSA) is 40.1 Å². The molecule has 7 rings (SSSR count). The molecule has 2 aliphatic rings. The van der Waals surface area contributed by atoms with Crippen molar-refractivity contribution in [3.05, 3.63) is 93.7 Å². The number of benzene rings is 3. The molecule has 196 valence electrons. The Morgan fingerprint density at radius 1 is 0.872 bits per heavy atom. The number of nitrogens with zero attached hydrogens (tertiary/aromatic N) is 5. The molecule has 0 radical (unpaired) electrons. The van der Waals surface area contributed by atoms with Gasteiger partial charge in [0.05, 0.1) is 22.7 Å². The number of para-hydroxylation sites is 2. The Bertz CT molecular complexity index is 1790. The van der Waals surface area contributed by atoms with Gasteiger partial charge in [-0.15, -0.1) is 0 Å². The van der Waals surface area contributed by atoms with Crippen molar-refractivity contribution in [3.63, 3.8) is 0 Å². The molecule has 4 heterocycles. The molecule has 0 saturated carbocycles. The van der Waals surface area contributed by atoms with Crippen LogP contribution in [0, 0.1) is 11.3 Å². The SMILES string of the molecule is CN(C)[C@H]1Cc2cccc3c(-c4ccc(CN(C)[C@@H]5Cc6cccc7c(Br)cn(c67)C5)c(C#N)c4)cn(c23)C1. The quantitative estimate of drug-likeness (QED) is 0.241. The average molecular weight is 579 g/mol. The zero-order chi connectivity index (χ0) is 26.8. The molecule has 0 unspecified atom stereocenters. The summed E-state index contributed by atoms with van der Waals surface area (Å²) in [6, 6.07) is 23.1. The van der Waals surface area contributed by atoms with E-state index in [1.165, 1.54) is 38.5 Å². The number of aromatic nitrogens is 2. The summed E-state index contributed by atoms with van der Waals surface area (Å²) in [5.41, 5.74) is 9.67. The second-order valence-electron chi connectivity index (χ2n) is 11.5. The van der Waals surface area contributed by atoms with Crippen LogP contribution in [-0.4, -0.2) is 52.2 Å². The molecule has 2 aliphatic heterocycles. The molecule has 5 nitrogen and oxygen atoms in total. The van der Waals surface area contributed by atoms with Gasteiger partial charge in [-0.05, 0) is 78.2 Å². The van der Waals surface area contributed by atoms with Crippen molar-refractivity contribution in [2.45, 2.75) is 44.6 Å². The first-order chi connectivity index (χ1) is 18.9. The summed E-state index contributed by atoms with van der Waals surface area (Å²) in [4.78, 5) is 4.73. The predicted octanol–water partition coefficient (Wildman–Crippen LogP) is 6.44. The van der Waals surface area contributed by atoms with Crippen molar-refractivity contribution in [1.82, 2.24) is 18.9 Å². The summed E-state index contributed by atoms with van der Waals surface area (Å²) in [7, 11) is 6.52. The zero-order valence-corrected chi connectivity index (χ0v) is 24.2. The fraction of sp³-hybridized carbons (Fsp3) is 0.303. The molecule has 39 heavy (non-hydrogen) atoms. The third kappa shape index (κ3) is 4.03. The smallest absolute Gasteiger partial charge is 0.0995 e. The lowest BCUT2D eigenvalue weighted by atomic mass is 9.95. The van der Waals surface area contributed by atoms with Crippen molar-refractivity contribution in [1.29, 1.82) is 5.26 Å². The maximum atomic E-state index is 10.2. The lowest BCUT2D eigenvalue weighted by Crippen LogP contribution is -2.38. The van der Waals surface area contributed by atoms with Gasteiger partial charge in [-0.3, -0.25) is 4.90 Å². The van der Waals surface area contributed by atoms with E-state index in [0.717, 1.165) is 53.6 Å². The van der Waals surface area contributed by atoms with Crippen LogP contribution in [-0.2, 0) is 32.5 Å². The van der Waals surface area contributed by atoms with Crippen molar-refractivity contribution in [3.8, 4) is 17.2 Å². The van der Waals surface area contributed by atoms with E-state index in [1.807, 2.05) is 0 Å². The minimum absolute atomic E-state index is 0.372. The maximum Gasteiger partial charge on any atom is 0.0995 e. The van der Waals surface area contributed by atoms with Crippen LogP contribution in [0.1, 0.15) is 22.3 Å². The minimum Gasteiger partial charge on any atom is -0.345 e. The van der Waals surface area contributed by atoms with Crippen LogP contribution in [0.15, 0.2) is 71.5 Å². The number of likely N-dealkylation sites (N-methyl/N-ethyl adjacent to an activating group) is 2. The molecule has 3 aromatic carbocycles. The van der Waals surface area contributed by atoms with E-state index in [-0.39, 0.29) is 0 Å². The third-order valence-electron chi connectivity index (χ3n) is 8.96. The fourth-order valence-corrected chi connectivity index (χ4v) is 7.36. The van der Waals surface area contributed by atoms with Gasteiger partial charge in [-0.1, -0.05) is 48.5 Å². The highest BCUT2D eigenvalue weighted by Crippen LogP contribution is 2.37. The van der Waals surface area contributed by atoms with E-state index >= 15 is 0 Å². The van der Waals surface area contributed by atoms with Crippen LogP contribution in [0.2, 0.25) is 0 Å². The van der Waals surface area contributed by atoms with Gasteiger partial charge in [0.15, 0.2) is 0 Å². The Labute approximate surface area is 238 Å². The van der Waals surface area contributed by atoms with Crippen molar-refractivity contribution in [2.24, 2.45) is 0 Å². The van der Waals surface area contributed by atoms with Gasteiger partial charge in [0.1, 0.15) is 0 Å². The molecule has 0 fully saturated rings. The first-order valence-corrected chi connectivity index (χ1v) is 14.5. The highest BCUT2D eigenvalue weighted by Gasteiger charge is 2.26. The number of hydrogen-bond donors (Lipinski definition) is 0. The molecule has 6 heteroatoms. The molecule has 0 amide bonds. The lowest BCUT2D eigenvalue weighted by Gasteiger charge is -2.32. The van der Waals surface area contributed by atoms with Crippen molar-refractivity contribution < 1.29 is 0 Å². The summed E-state index contributed by atoms with van der Waals surface area (Å²) in [5, 5.41) is 12.7. The summed E-state index contributed by atoms with van der Waals surface area (Å²) >= 11 is 3.74. The maximum absolute atomic E-state index is 10.2. The summed E-state index contributed by atoms with van der Waals surface area (Å²) < 4.78 is 5.95. The molecule has 2 aromatic heterocycles. The number of nitriles is 1. The van der Waals surface area contributed by atoms with E-state index in [1.54, 1.807) is 0 Å². The number of rotatable bonds is 5. The van der Waals surface area contributed by atoms with Crippen LogP contribution in [0.4, 0.5) is 0 Å². The normalized spacial score (nSPS) is 18.4. The van der Waals surface area contributed by atoms with E-state index in [4.69, 9.17) is 0 Å². The van der Waals surface area contributed by atoms with Crippen molar-refractivity contribution in [2.75, 3.05) is 21.1 Å². The van der Waals surface area contributed by atoms with Gasteiger partial charge in [0.25, 0.3) is 0 Å². The molecule has 0 saturated heterocycles. The summed E-state index contributed by atoms with van der Waals surface area (Å²) in [6.45, 7) is 2.69. The van der Waals surface area contributed by atoms with Gasteiger partial charge in [0, 0.05) is 64.9 Å². The molecule has 0 N–H and O–H groups in total. The van der Waals surface area contributed by atoms with E-state index < -0.39 is 0 Å². The van der Waals surface area contributed by atoms with Gasteiger partial charge < -0.3 is 14.0 Å². The Morgan fingerprint density at radius 2 is 1.54 bits per heavy atom. The Kier molecular flexibility index (Phi) is 5.93.